The van der Waals surface area contributed by atoms with E-state index < -0.39 is 0 Å². The van der Waals surface area contributed by atoms with Crippen molar-refractivity contribution in [1.82, 2.24) is 10.3 Å². The summed E-state index contributed by atoms with van der Waals surface area (Å²) >= 11 is 3.37. The quantitative estimate of drug-likeness (QED) is 0.841. The fraction of sp³-hybridized carbons (Fsp3) is 0.200. The normalized spacial score (nSPS) is 11.9. The van der Waals surface area contributed by atoms with Gasteiger partial charge in [-0.2, -0.15) is 0 Å². The van der Waals surface area contributed by atoms with Crippen LogP contribution < -0.4 is 5.32 Å². The van der Waals surface area contributed by atoms with Crippen molar-refractivity contribution in [3.8, 4) is 0 Å². The van der Waals surface area contributed by atoms with Crippen molar-refractivity contribution in [3.05, 3.63) is 57.8 Å². The van der Waals surface area contributed by atoms with E-state index in [0.717, 1.165) is 10.0 Å². The van der Waals surface area contributed by atoms with Crippen LogP contribution in [0.3, 0.4) is 0 Å². The van der Waals surface area contributed by atoms with Crippen LogP contribution in [-0.4, -0.2) is 16.7 Å². The summed E-state index contributed by atoms with van der Waals surface area (Å²) in [6.07, 6.45) is 1.54. The summed E-state index contributed by atoms with van der Waals surface area (Å²) < 4.78 is 0.996. The Morgan fingerprint density at radius 1 is 1.25 bits per heavy atom. The third-order valence-corrected chi connectivity index (χ3v) is 3.58. The summed E-state index contributed by atoms with van der Waals surface area (Å²) in [7, 11) is 0. The van der Waals surface area contributed by atoms with Crippen LogP contribution in [0.2, 0.25) is 0 Å². The van der Waals surface area contributed by atoms with Gasteiger partial charge in [-0.1, -0.05) is 28.1 Å². The second-order valence-corrected chi connectivity index (χ2v) is 5.52. The number of hydrogen-bond acceptors (Lipinski definition) is 2. The lowest BCUT2D eigenvalue weighted by Gasteiger charge is -2.13. The van der Waals surface area contributed by atoms with Gasteiger partial charge in [-0.25, -0.2) is 0 Å². The SMILES string of the molecule is CC(=O)c1c[nH]c(C(=O)NC(C)c2ccc(Br)cc2)c1. The van der Waals surface area contributed by atoms with Crippen molar-refractivity contribution in [2.45, 2.75) is 19.9 Å². The Morgan fingerprint density at radius 2 is 1.90 bits per heavy atom. The molecular weight excluding hydrogens is 320 g/mol. The zero-order valence-electron chi connectivity index (χ0n) is 11.2. The van der Waals surface area contributed by atoms with Gasteiger partial charge in [0.1, 0.15) is 5.69 Å². The van der Waals surface area contributed by atoms with Crippen molar-refractivity contribution >= 4 is 27.6 Å². The number of amides is 1. The molecule has 0 saturated heterocycles. The molecule has 0 spiro atoms. The Morgan fingerprint density at radius 3 is 2.45 bits per heavy atom. The molecule has 1 amide bonds. The second kappa shape index (κ2) is 6.05. The molecule has 2 rings (SSSR count). The number of aromatic nitrogens is 1. The molecule has 0 aliphatic rings. The molecule has 2 N–H and O–H groups in total. The number of carbonyl (C=O) groups is 2. The predicted octanol–water partition coefficient (Wildman–Crippen LogP) is 3.47. The van der Waals surface area contributed by atoms with E-state index in [4.69, 9.17) is 0 Å². The van der Waals surface area contributed by atoms with E-state index in [2.05, 4.69) is 26.2 Å². The third kappa shape index (κ3) is 3.36. The Bertz CT molecular complexity index is 632. The molecule has 1 heterocycles. The fourth-order valence-electron chi connectivity index (χ4n) is 1.84. The molecule has 4 nitrogen and oxygen atoms in total. The van der Waals surface area contributed by atoms with Crippen molar-refractivity contribution in [2.24, 2.45) is 0 Å². The Kier molecular flexibility index (Phi) is 4.39. The largest absolute Gasteiger partial charge is 0.356 e. The van der Waals surface area contributed by atoms with Crippen LogP contribution >= 0.6 is 15.9 Å². The van der Waals surface area contributed by atoms with Crippen molar-refractivity contribution in [1.29, 1.82) is 0 Å². The highest BCUT2D eigenvalue weighted by molar-refractivity contribution is 9.10. The summed E-state index contributed by atoms with van der Waals surface area (Å²) in [6, 6.07) is 9.21. The molecular formula is C15H15BrN2O2. The maximum absolute atomic E-state index is 12.1. The van der Waals surface area contributed by atoms with Crippen LogP contribution in [0.15, 0.2) is 41.0 Å². The lowest BCUT2D eigenvalue weighted by atomic mass is 10.1. The van der Waals surface area contributed by atoms with E-state index in [0.29, 0.717) is 11.3 Å². The van der Waals surface area contributed by atoms with Gasteiger partial charge in [-0.05, 0) is 37.6 Å². The molecule has 104 valence electrons. The summed E-state index contributed by atoms with van der Waals surface area (Å²) in [4.78, 5) is 26.1. The van der Waals surface area contributed by atoms with Gasteiger partial charge in [0.2, 0.25) is 0 Å². The minimum Gasteiger partial charge on any atom is -0.356 e. The molecule has 1 atom stereocenters. The molecule has 2 aromatic rings. The lowest BCUT2D eigenvalue weighted by molar-refractivity contribution is 0.0935. The minimum atomic E-state index is -0.229. The van der Waals surface area contributed by atoms with Crippen LogP contribution in [0, 0.1) is 0 Å². The van der Waals surface area contributed by atoms with Gasteiger partial charge in [0.05, 0.1) is 6.04 Å². The van der Waals surface area contributed by atoms with E-state index in [9.17, 15) is 9.59 Å². The zero-order valence-corrected chi connectivity index (χ0v) is 12.8. The highest BCUT2D eigenvalue weighted by Crippen LogP contribution is 2.17. The topological polar surface area (TPSA) is 62.0 Å². The number of hydrogen-bond donors (Lipinski definition) is 2. The summed E-state index contributed by atoms with van der Waals surface area (Å²) in [5.74, 6) is -0.297. The fourth-order valence-corrected chi connectivity index (χ4v) is 2.10. The summed E-state index contributed by atoms with van der Waals surface area (Å²) in [5, 5.41) is 2.89. The molecule has 0 saturated carbocycles. The van der Waals surface area contributed by atoms with Gasteiger partial charge in [0.25, 0.3) is 5.91 Å². The van der Waals surface area contributed by atoms with Gasteiger partial charge in [0, 0.05) is 16.2 Å². The number of halogens is 1. The second-order valence-electron chi connectivity index (χ2n) is 4.60. The van der Waals surface area contributed by atoms with E-state index in [1.54, 1.807) is 12.3 Å². The number of aromatic amines is 1. The molecule has 5 heteroatoms. The van der Waals surface area contributed by atoms with Crippen LogP contribution in [0.4, 0.5) is 0 Å². The predicted molar refractivity (Wildman–Crippen MR) is 80.8 cm³/mol. The van der Waals surface area contributed by atoms with Gasteiger partial charge >= 0.3 is 0 Å². The number of H-pyrrole nitrogens is 1. The third-order valence-electron chi connectivity index (χ3n) is 3.05. The number of ketones is 1. The first-order valence-electron chi connectivity index (χ1n) is 6.23. The Balaban J connectivity index is 2.06. The van der Waals surface area contributed by atoms with Gasteiger partial charge < -0.3 is 10.3 Å². The lowest BCUT2D eigenvalue weighted by Crippen LogP contribution is -2.26. The van der Waals surface area contributed by atoms with Crippen molar-refractivity contribution < 1.29 is 9.59 Å². The molecule has 0 fully saturated rings. The number of benzene rings is 1. The number of nitrogens with one attached hydrogen (secondary N) is 2. The summed E-state index contributed by atoms with van der Waals surface area (Å²) in [6.45, 7) is 3.38. The van der Waals surface area contributed by atoms with Crippen LogP contribution in [0.1, 0.15) is 46.3 Å². The smallest absolute Gasteiger partial charge is 0.268 e. The highest BCUT2D eigenvalue weighted by atomic mass is 79.9. The zero-order chi connectivity index (χ0) is 14.7. The maximum atomic E-state index is 12.1. The average molecular weight is 335 g/mol. The van der Waals surface area contributed by atoms with Crippen LogP contribution in [0.25, 0.3) is 0 Å². The van der Waals surface area contributed by atoms with Gasteiger partial charge in [0.15, 0.2) is 5.78 Å². The molecule has 1 aromatic heterocycles. The molecule has 1 unspecified atom stereocenters. The molecule has 0 bridgehead atoms. The van der Waals surface area contributed by atoms with Crippen molar-refractivity contribution in [3.63, 3.8) is 0 Å². The first-order valence-corrected chi connectivity index (χ1v) is 7.02. The molecule has 0 aliphatic heterocycles. The maximum Gasteiger partial charge on any atom is 0.268 e. The number of rotatable bonds is 4. The average Bonchev–Trinajstić information content (AvgIpc) is 2.89. The number of carbonyl (C=O) groups excluding carboxylic acids is 2. The highest BCUT2D eigenvalue weighted by Gasteiger charge is 2.14. The van der Waals surface area contributed by atoms with Gasteiger partial charge in [-0.3, -0.25) is 9.59 Å². The first kappa shape index (κ1) is 14.5. The van der Waals surface area contributed by atoms with E-state index >= 15 is 0 Å². The van der Waals surface area contributed by atoms with Crippen molar-refractivity contribution in [2.75, 3.05) is 0 Å². The molecule has 1 aromatic carbocycles. The Hall–Kier alpha value is -1.88. The number of Topliss-reactive ketones (excluding diaryl/α,β-unsaturated/α-hetero) is 1. The van der Waals surface area contributed by atoms with E-state index in [-0.39, 0.29) is 17.7 Å². The molecule has 0 radical (unpaired) electrons. The van der Waals surface area contributed by atoms with E-state index in [1.807, 2.05) is 31.2 Å². The monoisotopic (exact) mass is 334 g/mol. The van der Waals surface area contributed by atoms with Crippen LogP contribution in [0.5, 0.6) is 0 Å². The summed E-state index contributed by atoms with van der Waals surface area (Å²) in [5.41, 5.74) is 1.91. The Labute approximate surface area is 125 Å². The molecule has 20 heavy (non-hydrogen) atoms. The standard InChI is InChI=1S/C15H15BrN2O2/c1-9(11-3-5-13(16)6-4-11)18-15(20)14-7-12(8-17-14)10(2)19/h3-9,17H,1-2H3,(H,18,20). The van der Waals surface area contributed by atoms with Gasteiger partial charge in [-0.15, -0.1) is 0 Å². The minimum absolute atomic E-state index is 0.0683. The van der Waals surface area contributed by atoms with Crippen LogP contribution in [-0.2, 0) is 0 Å². The molecule has 0 aliphatic carbocycles. The van der Waals surface area contributed by atoms with E-state index in [1.165, 1.54) is 6.92 Å². The first-order chi connectivity index (χ1) is 9.47.